The molecule has 14 heavy (non-hydrogen) atoms. The van der Waals surface area contributed by atoms with E-state index in [1.165, 1.54) is 0 Å². The Balaban J connectivity index is 1.94. The lowest BCUT2D eigenvalue weighted by Gasteiger charge is -2.34. The number of fused-ring (bicyclic) bond motifs is 1. The highest BCUT2D eigenvalue weighted by Crippen LogP contribution is 2.29. The van der Waals surface area contributed by atoms with Crippen LogP contribution in [-0.4, -0.2) is 42.5 Å². The monoisotopic (exact) mass is 217 g/mol. The van der Waals surface area contributed by atoms with Gasteiger partial charge in [0.15, 0.2) is 0 Å². The first-order valence-corrected chi connectivity index (χ1v) is 5.62. The molecule has 2 saturated heterocycles. The predicted octanol–water partition coefficient (Wildman–Crippen LogP) is 1.11. The molecule has 0 saturated carbocycles. The molecule has 2 aliphatic heterocycles. The Kier molecular flexibility index (Phi) is 2.98. The van der Waals surface area contributed by atoms with Gasteiger partial charge in [-0.15, -0.1) is 11.6 Å². The van der Waals surface area contributed by atoms with Crippen molar-refractivity contribution in [2.24, 2.45) is 11.8 Å². The Hall–Kier alpha value is -0.280. The minimum Gasteiger partial charge on any atom is -0.381 e. The topological polar surface area (TPSA) is 29.5 Å². The minimum atomic E-state index is -0.395. The Morgan fingerprint density at radius 2 is 2.21 bits per heavy atom. The smallest absolute Gasteiger partial charge is 0.240 e. The molecular formula is C10H16ClNO2. The largest absolute Gasteiger partial charge is 0.381 e. The van der Waals surface area contributed by atoms with E-state index in [-0.39, 0.29) is 5.91 Å². The maximum Gasteiger partial charge on any atom is 0.240 e. The Morgan fingerprint density at radius 1 is 1.50 bits per heavy atom. The average molecular weight is 218 g/mol. The molecule has 0 spiro atoms. The van der Waals surface area contributed by atoms with Gasteiger partial charge in [0, 0.05) is 25.6 Å². The summed E-state index contributed by atoms with van der Waals surface area (Å²) in [6, 6.07) is 0. The maximum absolute atomic E-state index is 11.6. The zero-order valence-electron chi connectivity index (χ0n) is 8.41. The fourth-order valence-electron chi connectivity index (χ4n) is 2.31. The van der Waals surface area contributed by atoms with Gasteiger partial charge < -0.3 is 9.64 Å². The van der Waals surface area contributed by atoms with Crippen LogP contribution in [0.2, 0.25) is 0 Å². The number of amides is 1. The van der Waals surface area contributed by atoms with Crippen molar-refractivity contribution in [3.63, 3.8) is 0 Å². The summed E-state index contributed by atoms with van der Waals surface area (Å²) in [4.78, 5) is 13.5. The van der Waals surface area contributed by atoms with Gasteiger partial charge in [0.25, 0.3) is 0 Å². The van der Waals surface area contributed by atoms with Gasteiger partial charge >= 0.3 is 0 Å². The van der Waals surface area contributed by atoms with Gasteiger partial charge in [0.05, 0.1) is 6.61 Å². The van der Waals surface area contributed by atoms with Crippen molar-refractivity contribution in [2.45, 2.75) is 18.7 Å². The van der Waals surface area contributed by atoms with Gasteiger partial charge in [0.1, 0.15) is 5.38 Å². The molecule has 2 rings (SSSR count). The van der Waals surface area contributed by atoms with E-state index in [1.54, 1.807) is 6.92 Å². The van der Waals surface area contributed by atoms with Gasteiger partial charge in [-0.3, -0.25) is 4.79 Å². The van der Waals surface area contributed by atoms with Gasteiger partial charge in [-0.05, 0) is 19.3 Å². The Morgan fingerprint density at radius 3 is 2.93 bits per heavy atom. The summed E-state index contributed by atoms with van der Waals surface area (Å²) in [6.07, 6.45) is 1.07. The fraction of sp³-hybridized carbons (Fsp3) is 0.900. The first-order chi connectivity index (χ1) is 6.68. The molecule has 4 heteroatoms. The van der Waals surface area contributed by atoms with Gasteiger partial charge in [0.2, 0.25) is 5.91 Å². The summed E-state index contributed by atoms with van der Waals surface area (Å²) in [5.41, 5.74) is 0. The summed E-state index contributed by atoms with van der Waals surface area (Å²) in [7, 11) is 0. The van der Waals surface area contributed by atoms with Crippen LogP contribution in [0.5, 0.6) is 0 Å². The molecule has 3 nitrogen and oxygen atoms in total. The molecule has 0 aromatic carbocycles. The van der Waals surface area contributed by atoms with Crippen molar-refractivity contribution in [3.8, 4) is 0 Å². The van der Waals surface area contributed by atoms with Crippen LogP contribution in [0.15, 0.2) is 0 Å². The lowest BCUT2D eigenvalue weighted by molar-refractivity contribution is -0.132. The molecule has 0 unspecified atom stereocenters. The van der Waals surface area contributed by atoms with Gasteiger partial charge in [-0.25, -0.2) is 0 Å². The van der Waals surface area contributed by atoms with E-state index >= 15 is 0 Å². The van der Waals surface area contributed by atoms with Crippen LogP contribution >= 0.6 is 11.6 Å². The van der Waals surface area contributed by atoms with Crippen LogP contribution in [0.1, 0.15) is 13.3 Å². The number of piperidine rings is 1. The van der Waals surface area contributed by atoms with E-state index < -0.39 is 5.38 Å². The second kappa shape index (κ2) is 4.07. The molecule has 0 radical (unpaired) electrons. The third kappa shape index (κ3) is 1.89. The number of hydrogen-bond donors (Lipinski definition) is 0. The van der Waals surface area contributed by atoms with E-state index in [2.05, 4.69) is 0 Å². The highest BCUT2D eigenvalue weighted by atomic mass is 35.5. The average Bonchev–Trinajstić information content (AvgIpc) is 2.62. The minimum absolute atomic E-state index is 0.0667. The number of halogens is 1. The highest BCUT2D eigenvalue weighted by Gasteiger charge is 2.35. The lowest BCUT2D eigenvalue weighted by Crippen LogP contribution is -2.45. The SMILES string of the molecule is C[C@H](Cl)C(=O)N1CC[C@H]2COC[C@@H]2C1. The van der Waals surface area contributed by atoms with Crippen molar-refractivity contribution in [2.75, 3.05) is 26.3 Å². The molecular weight excluding hydrogens is 202 g/mol. The van der Waals surface area contributed by atoms with E-state index in [1.807, 2.05) is 4.90 Å². The molecule has 0 aromatic rings. The fourth-order valence-corrected chi connectivity index (χ4v) is 2.45. The zero-order chi connectivity index (χ0) is 10.1. The lowest BCUT2D eigenvalue weighted by atomic mass is 9.88. The summed E-state index contributed by atoms with van der Waals surface area (Å²) in [5.74, 6) is 1.28. The third-order valence-corrected chi connectivity index (χ3v) is 3.39. The number of hydrogen-bond acceptors (Lipinski definition) is 2. The Labute approximate surface area is 89.4 Å². The van der Waals surface area contributed by atoms with Crippen molar-refractivity contribution in [1.82, 2.24) is 4.90 Å². The number of carbonyl (C=O) groups excluding carboxylic acids is 1. The van der Waals surface area contributed by atoms with Crippen molar-refractivity contribution in [3.05, 3.63) is 0 Å². The second-order valence-corrected chi connectivity index (χ2v) is 4.90. The highest BCUT2D eigenvalue weighted by molar-refractivity contribution is 6.30. The quantitative estimate of drug-likeness (QED) is 0.616. The molecule has 2 aliphatic rings. The molecule has 3 atom stereocenters. The van der Waals surface area contributed by atoms with Crippen molar-refractivity contribution >= 4 is 17.5 Å². The summed E-state index contributed by atoms with van der Waals surface area (Å²) in [6.45, 7) is 5.11. The number of alkyl halides is 1. The van der Waals surface area contributed by atoms with Crippen LogP contribution in [0.3, 0.4) is 0 Å². The van der Waals surface area contributed by atoms with Gasteiger partial charge in [-0.1, -0.05) is 0 Å². The van der Waals surface area contributed by atoms with E-state index in [9.17, 15) is 4.79 Å². The zero-order valence-corrected chi connectivity index (χ0v) is 9.17. The molecule has 0 aliphatic carbocycles. The molecule has 80 valence electrons. The summed E-state index contributed by atoms with van der Waals surface area (Å²) in [5, 5.41) is -0.395. The van der Waals surface area contributed by atoms with Crippen molar-refractivity contribution < 1.29 is 9.53 Å². The van der Waals surface area contributed by atoms with Crippen LogP contribution < -0.4 is 0 Å². The molecule has 0 bridgehead atoms. The van der Waals surface area contributed by atoms with Crippen molar-refractivity contribution in [1.29, 1.82) is 0 Å². The standard InChI is InChI=1S/C10H16ClNO2/c1-7(11)10(13)12-3-2-8-5-14-6-9(8)4-12/h7-9H,2-6H2,1H3/t7-,8-,9-/m0/s1. The summed E-state index contributed by atoms with van der Waals surface area (Å²) >= 11 is 5.78. The molecule has 2 heterocycles. The Bertz CT molecular complexity index is 232. The normalized spacial score (nSPS) is 34.0. The number of likely N-dealkylation sites (tertiary alicyclic amines) is 1. The second-order valence-electron chi connectivity index (χ2n) is 4.25. The van der Waals surface area contributed by atoms with Crippen LogP contribution in [-0.2, 0) is 9.53 Å². The first-order valence-electron chi connectivity index (χ1n) is 5.19. The van der Waals surface area contributed by atoms with Gasteiger partial charge in [-0.2, -0.15) is 0 Å². The van der Waals surface area contributed by atoms with Crippen LogP contribution in [0.25, 0.3) is 0 Å². The molecule has 0 N–H and O–H groups in total. The predicted molar refractivity (Wildman–Crippen MR) is 54.3 cm³/mol. The van der Waals surface area contributed by atoms with Crippen LogP contribution in [0.4, 0.5) is 0 Å². The number of ether oxygens (including phenoxy) is 1. The third-order valence-electron chi connectivity index (χ3n) is 3.21. The van der Waals surface area contributed by atoms with E-state index in [0.29, 0.717) is 11.8 Å². The van der Waals surface area contributed by atoms with E-state index in [0.717, 1.165) is 32.7 Å². The molecule has 0 aromatic heterocycles. The summed E-state index contributed by atoms with van der Waals surface area (Å²) < 4.78 is 5.41. The first kappa shape index (κ1) is 10.2. The molecule has 1 amide bonds. The number of nitrogens with zero attached hydrogens (tertiary/aromatic N) is 1. The number of rotatable bonds is 1. The maximum atomic E-state index is 11.6. The van der Waals surface area contributed by atoms with Crippen LogP contribution in [0, 0.1) is 11.8 Å². The number of carbonyl (C=O) groups is 1. The van der Waals surface area contributed by atoms with E-state index in [4.69, 9.17) is 16.3 Å². The molecule has 2 fully saturated rings.